The summed E-state index contributed by atoms with van der Waals surface area (Å²) in [4.78, 5) is 12.4. The van der Waals surface area contributed by atoms with Crippen LogP contribution in [0.25, 0.3) is 0 Å². The Morgan fingerprint density at radius 2 is 1.68 bits per heavy atom. The van der Waals surface area contributed by atoms with Gasteiger partial charge in [-0.2, -0.15) is 0 Å². The first-order valence-electron chi connectivity index (χ1n) is 8.48. The van der Waals surface area contributed by atoms with Crippen molar-refractivity contribution in [3.8, 4) is 17.2 Å². The van der Waals surface area contributed by atoms with Gasteiger partial charge in [0.25, 0.3) is 5.91 Å². The molecule has 0 saturated carbocycles. The second-order valence-corrected chi connectivity index (χ2v) is 6.68. The maximum atomic E-state index is 12.4. The fraction of sp³-hybridized carbons (Fsp3) is 0.381. The number of rotatable bonds is 5. The lowest BCUT2D eigenvalue weighted by Crippen LogP contribution is -2.30. The topological polar surface area (TPSA) is 47.6 Å². The van der Waals surface area contributed by atoms with Crippen LogP contribution in [-0.4, -0.2) is 19.1 Å². The molecule has 0 saturated heterocycles. The molecule has 0 atom stereocenters. The second kappa shape index (κ2) is 7.60. The van der Waals surface area contributed by atoms with Crippen molar-refractivity contribution in [2.75, 3.05) is 7.11 Å². The number of carbonyl (C=O) groups excluding carboxylic acids is 1. The number of amides is 1. The smallest absolute Gasteiger partial charge is 0.251 e. The number of methoxy groups -OCH3 is 1. The molecular formula is C21H27NO3. The highest BCUT2D eigenvalue weighted by atomic mass is 16.5. The van der Waals surface area contributed by atoms with Crippen molar-refractivity contribution >= 4 is 5.91 Å². The number of carbonyl (C=O) groups is 1. The van der Waals surface area contributed by atoms with Gasteiger partial charge in [0, 0.05) is 11.6 Å². The van der Waals surface area contributed by atoms with Crippen LogP contribution in [0.3, 0.4) is 0 Å². The summed E-state index contributed by atoms with van der Waals surface area (Å²) >= 11 is 0. The van der Waals surface area contributed by atoms with Crippen molar-refractivity contribution in [2.45, 2.75) is 47.6 Å². The fourth-order valence-electron chi connectivity index (χ4n) is 2.82. The summed E-state index contributed by atoms with van der Waals surface area (Å²) in [7, 11) is 1.65. The van der Waals surface area contributed by atoms with Gasteiger partial charge in [0.05, 0.1) is 7.11 Å². The summed E-state index contributed by atoms with van der Waals surface area (Å²) in [6, 6.07) is 7.73. The van der Waals surface area contributed by atoms with Crippen LogP contribution in [0.4, 0.5) is 0 Å². The molecule has 0 heterocycles. The highest BCUT2D eigenvalue weighted by Crippen LogP contribution is 2.34. The van der Waals surface area contributed by atoms with E-state index in [0.717, 1.165) is 39.5 Å². The molecule has 2 aromatic carbocycles. The van der Waals surface area contributed by atoms with Gasteiger partial charge in [-0.15, -0.1) is 0 Å². The number of aryl methyl sites for hydroxylation is 2. The molecule has 4 heteroatoms. The molecule has 0 aliphatic rings. The van der Waals surface area contributed by atoms with Gasteiger partial charge in [0.1, 0.15) is 17.2 Å². The van der Waals surface area contributed by atoms with E-state index in [4.69, 9.17) is 9.47 Å². The first kappa shape index (κ1) is 18.8. The SMILES string of the molecule is COc1ccc(Oc2c(C)cc(C(=O)NC(C)C)c(C)c2C)cc1C. The van der Waals surface area contributed by atoms with Gasteiger partial charge in [-0.05, 0) is 88.1 Å². The van der Waals surface area contributed by atoms with Crippen LogP contribution < -0.4 is 14.8 Å². The molecule has 2 aromatic rings. The number of nitrogens with one attached hydrogen (secondary N) is 1. The van der Waals surface area contributed by atoms with Crippen molar-refractivity contribution < 1.29 is 14.3 Å². The summed E-state index contributed by atoms with van der Waals surface area (Å²) in [5.74, 6) is 2.33. The zero-order valence-electron chi connectivity index (χ0n) is 16.1. The van der Waals surface area contributed by atoms with Crippen molar-refractivity contribution in [1.29, 1.82) is 0 Å². The molecule has 0 aromatic heterocycles. The minimum Gasteiger partial charge on any atom is -0.496 e. The van der Waals surface area contributed by atoms with Crippen LogP contribution in [0.2, 0.25) is 0 Å². The normalized spacial score (nSPS) is 10.7. The van der Waals surface area contributed by atoms with Crippen LogP contribution in [0.15, 0.2) is 24.3 Å². The number of hydrogen-bond donors (Lipinski definition) is 1. The lowest BCUT2D eigenvalue weighted by molar-refractivity contribution is 0.0942. The standard InChI is InChI=1S/C21H27NO3/c1-12(2)22-21(23)18-11-14(4)20(16(6)15(18)5)25-17-8-9-19(24-7)13(3)10-17/h8-12H,1-7H3,(H,22,23). The van der Waals surface area contributed by atoms with Crippen molar-refractivity contribution in [1.82, 2.24) is 5.32 Å². The lowest BCUT2D eigenvalue weighted by Gasteiger charge is -2.18. The zero-order chi connectivity index (χ0) is 18.7. The molecule has 134 valence electrons. The molecule has 0 bridgehead atoms. The minimum absolute atomic E-state index is 0.0504. The molecule has 0 unspecified atom stereocenters. The Morgan fingerprint density at radius 1 is 1.00 bits per heavy atom. The maximum Gasteiger partial charge on any atom is 0.251 e. The Balaban J connectivity index is 2.38. The van der Waals surface area contributed by atoms with E-state index < -0.39 is 0 Å². The van der Waals surface area contributed by atoms with Gasteiger partial charge in [-0.25, -0.2) is 0 Å². The molecule has 2 rings (SSSR count). The van der Waals surface area contributed by atoms with E-state index in [9.17, 15) is 4.79 Å². The van der Waals surface area contributed by atoms with Gasteiger partial charge >= 0.3 is 0 Å². The number of hydrogen-bond acceptors (Lipinski definition) is 3. The predicted octanol–water partition coefficient (Wildman–Crippen LogP) is 4.86. The maximum absolute atomic E-state index is 12.4. The first-order valence-corrected chi connectivity index (χ1v) is 8.48. The summed E-state index contributed by atoms with van der Waals surface area (Å²) in [5, 5.41) is 2.95. The third kappa shape index (κ3) is 4.13. The Kier molecular flexibility index (Phi) is 5.73. The average molecular weight is 341 g/mol. The summed E-state index contributed by atoms with van der Waals surface area (Å²) in [5.41, 5.74) is 4.55. The Bertz CT molecular complexity index is 794. The quantitative estimate of drug-likeness (QED) is 0.845. The molecule has 0 radical (unpaired) electrons. The molecule has 1 N–H and O–H groups in total. The monoisotopic (exact) mass is 341 g/mol. The van der Waals surface area contributed by atoms with Crippen LogP contribution in [0.5, 0.6) is 17.2 Å². The molecule has 1 amide bonds. The minimum atomic E-state index is -0.0504. The lowest BCUT2D eigenvalue weighted by atomic mass is 9.98. The average Bonchev–Trinajstić information content (AvgIpc) is 2.54. The van der Waals surface area contributed by atoms with Gasteiger partial charge in [-0.3, -0.25) is 4.79 Å². The van der Waals surface area contributed by atoms with Crippen LogP contribution in [0.1, 0.15) is 46.5 Å². The number of benzene rings is 2. The summed E-state index contributed by atoms with van der Waals surface area (Å²) < 4.78 is 11.4. The van der Waals surface area contributed by atoms with Gasteiger partial charge < -0.3 is 14.8 Å². The van der Waals surface area contributed by atoms with Gasteiger partial charge in [0.2, 0.25) is 0 Å². The van der Waals surface area contributed by atoms with Crippen molar-refractivity contribution in [2.24, 2.45) is 0 Å². The largest absolute Gasteiger partial charge is 0.496 e. The van der Waals surface area contributed by atoms with Crippen LogP contribution >= 0.6 is 0 Å². The van der Waals surface area contributed by atoms with Gasteiger partial charge in [0.15, 0.2) is 0 Å². The zero-order valence-corrected chi connectivity index (χ0v) is 16.1. The summed E-state index contributed by atoms with van der Waals surface area (Å²) in [6.07, 6.45) is 0. The third-order valence-corrected chi connectivity index (χ3v) is 4.28. The van der Waals surface area contributed by atoms with E-state index in [1.807, 2.05) is 65.8 Å². The first-order chi connectivity index (χ1) is 11.7. The van der Waals surface area contributed by atoms with Gasteiger partial charge in [-0.1, -0.05) is 0 Å². The van der Waals surface area contributed by atoms with E-state index >= 15 is 0 Å². The van der Waals surface area contributed by atoms with Crippen LogP contribution in [0, 0.1) is 27.7 Å². The molecule has 0 spiro atoms. The van der Waals surface area contributed by atoms with Crippen molar-refractivity contribution in [3.05, 3.63) is 52.1 Å². The second-order valence-electron chi connectivity index (χ2n) is 6.68. The molecule has 0 fully saturated rings. The highest BCUT2D eigenvalue weighted by Gasteiger charge is 2.17. The molecule has 4 nitrogen and oxygen atoms in total. The Hall–Kier alpha value is -2.49. The predicted molar refractivity (Wildman–Crippen MR) is 101 cm³/mol. The van der Waals surface area contributed by atoms with E-state index in [2.05, 4.69) is 5.32 Å². The molecule has 0 aliphatic heterocycles. The fourth-order valence-corrected chi connectivity index (χ4v) is 2.82. The number of ether oxygens (including phenoxy) is 2. The molecule has 25 heavy (non-hydrogen) atoms. The van der Waals surface area contributed by atoms with E-state index in [0.29, 0.717) is 5.56 Å². The Labute approximate surface area is 150 Å². The van der Waals surface area contributed by atoms with E-state index in [-0.39, 0.29) is 11.9 Å². The summed E-state index contributed by atoms with van der Waals surface area (Å²) in [6.45, 7) is 11.8. The molecule has 0 aliphatic carbocycles. The van der Waals surface area contributed by atoms with E-state index in [1.165, 1.54) is 0 Å². The highest BCUT2D eigenvalue weighted by molar-refractivity contribution is 5.96. The molecular weight excluding hydrogens is 314 g/mol. The van der Waals surface area contributed by atoms with Crippen molar-refractivity contribution in [3.63, 3.8) is 0 Å². The third-order valence-electron chi connectivity index (χ3n) is 4.28. The Morgan fingerprint density at radius 3 is 2.24 bits per heavy atom. The van der Waals surface area contributed by atoms with E-state index in [1.54, 1.807) is 7.11 Å². The van der Waals surface area contributed by atoms with Crippen LogP contribution in [-0.2, 0) is 0 Å².